The number of hydrogen-bond acceptors (Lipinski definition) is 3. The highest BCUT2D eigenvalue weighted by atomic mass is 16.5. The van der Waals surface area contributed by atoms with E-state index in [4.69, 9.17) is 4.74 Å². The lowest BCUT2D eigenvalue weighted by Gasteiger charge is -2.25. The van der Waals surface area contributed by atoms with Crippen molar-refractivity contribution in [1.29, 1.82) is 0 Å². The molecule has 0 aliphatic carbocycles. The lowest BCUT2D eigenvalue weighted by atomic mass is 10.1. The van der Waals surface area contributed by atoms with E-state index in [0.29, 0.717) is 0 Å². The predicted molar refractivity (Wildman–Crippen MR) is 73.1 cm³/mol. The van der Waals surface area contributed by atoms with E-state index in [9.17, 15) is 4.79 Å². The van der Waals surface area contributed by atoms with Gasteiger partial charge in [0.15, 0.2) is 0 Å². The molecule has 0 aromatic heterocycles. The van der Waals surface area contributed by atoms with Gasteiger partial charge in [-0.1, -0.05) is 19.1 Å². The lowest BCUT2D eigenvalue weighted by molar-refractivity contribution is -0.123. The molecule has 1 saturated heterocycles. The molecule has 1 N–H and O–H groups in total. The third-order valence-corrected chi connectivity index (χ3v) is 4.01. The highest BCUT2D eigenvalue weighted by molar-refractivity contribution is 5.83. The van der Waals surface area contributed by atoms with Crippen molar-refractivity contribution < 1.29 is 9.53 Å². The average molecular weight is 260 g/mol. The van der Waals surface area contributed by atoms with Crippen LogP contribution in [0.5, 0.6) is 5.75 Å². The Labute approximate surface area is 113 Å². The maximum absolute atomic E-state index is 11.8. The van der Waals surface area contributed by atoms with E-state index in [0.717, 1.165) is 44.8 Å². The summed E-state index contributed by atoms with van der Waals surface area (Å²) >= 11 is 0. The van der Waals surface area contributed by atoms with Gasteiger partial charge >= 0.3 is 0 Å². The molecule has 1 aromatic carbocycles. The molecule has 1 unspecified atom stereocenters. The van der Waals surface area contributed by atoms with E-state index in [2.05, 4.69) is 35.3 Å². The van der Waals surface area contributed by atoms with Gasteiger partial charge in [-0.3, -0.25) is 9.69 Å². The number of carbonyl (C=O) groups excluding carboxylic acids is 1. The van der Waals surface area contributed by atoms with Crippen molar-refractivity contribution in [3.63, 3.8) is 0 Å². The smallest absolute Gasteiger partial charge is 0.237 e. The normalized spacial score (nSPS) is 21.4. The summed E-state index contributed by atoms with van der Waals surface area (Å²) in [6.45, 7) is 5.44. The Hall–Kier alpha value is -1.55. The Morgan fingerprint density at radius 3 is 3.11 bits per heavy atom. The van der Waals surface area contributed by atoms with Crippen LogP contribution < -0.4 is 10.1 Å². The number of hydrogen-bond donors (Lipinski definition) is 1. The van der Waals surface area contributed by atoms with Crippen molar-refractivity contribution in [2.24, 2.45) is 0 Å². The van der Waals surface area contributed by atoms with Crippen LogP contribution in [0.2, 0.25) is 0 Å². The number of amides is 1. The van der Waals surface area contributed by atoms with Gasteiger partial charge in [0.2, 0.25) is 5.91 Å². The second-order valence-electron chi connectivity index (χ2n) is 5.20. The van der Waals surface area contributed by atoms with Crippen LogP contribution in [0, 0.1) is 0 Å². The molecule has 102 valence electrons. The molecule has 2 heterocycles. The summed E-state index contributed by atoms with van der Waals surface area (Å²) in [7, 11) is 0. The zero-order chi connectivity index (χ0) is 13.2. The van der Waals surface area contributed by atoms with Crippen LogP contribution in [0.1, 0.15) is 24.5 Å². The molecular formula is C15H20N2O2. The van der Waals surface area contributed by atoms with Gasteiger partial charge in [0.25, 0.3) is 0 Å². The minimum Gasteiger partial charge on any atom is -0.493 e. The lowest BCUT2D eigenvalue weighted by Crippen LogP contribution is -2.40. The first-order chi connectivity index (χ1) is 9.28. The van der Waals surface area contributed by atoms with Gasteiger partial charge in [0.05, 0.1) is 12.6 Å². The maximum Gasteiger partial charge on any atom is 0.237 e. The molecule has 0 radical (unpaired) electrons. The zero-order valence-corrected chi connectivity index (χ0v) is 11.3. The number of likely N-dealkylation sites (N-methyl/N-ethyl adjacent to an activating group) is 1. The molecule has 0 spiro atoms. The van der Waals surface area contributed by atoms with Gasteiger partial charge < -0.3 is 10.1 Å². The van der Waals surface area contributed by atoms with Gasteiger partial charge in [-0.25, -0.2) is 0 Å². The summed E-state index contributed by atoms with van der Waals surface area (Å²) in [6.07, 6.45) is 1.92. The summed E-state index contributed by atoms with van der Waals surface area (Å²) in [4.78, 5) is 14.0. The molecule has 19 heavy (non-hydrogen) atoms. The van der Waals surface area contributed by atoms with E-state index >= 15 is 0 Å². The summed E-state index contributed by atoms with van der Waals surface area (Å²) in [6, 6.07) is 6.42. The summed E-state index contributed by atoms with van der Waals surface area (Å²) in [5, 5.41) is 2.91. The Morgan fingerprint density at radius 1 is 1.47 bits per heavy atom. The van der Waals surface area contributed by atoms with E-state index in [1.165, 1.54) is 11.1 Å². The van der Waals surface area contributed by atoms with Gasteiger partial charge in [-0.05, 0) is 30.2 Å². The van der Waals surface area contributed by atoms with E-state index < -0.39 is 0 Å². The van der Waals surface area contributed by atoms with Gasteiger partial charge in [-0.15, -0.1) is 0 Å². The Bertz CT molecular complexity index is 487. The van der Waals surface area contributed by atoms with Crippen molar-refractivity contribution in [3.8, 4) is 5.75 Å². The zero-order valence-electron chi connectivity index (χ0n) is 11.3. The monoisotopic (exact) mass is 260 g/mol. The van der Waals surface area contributed by atoms with Crippen molar-refractivity contribution in [1.82, 2.24) is 10.2 Å². The summed E-state index contributed by atoms with van der Waals surface area (Å²) in [5.41, 5.74) is 2.57. The van der Waals surface area contributed by atoms with Crippen molar-refractivity contribution in [2.75, 3.05) is 19.7 Å². The fourth-order valence-corrected chi connectivity index (χ4v) is 2.94. The number of benzene rings is 1. The minimum absolute atomic E-state index is 0.0366. The van der Waals surface area contributed by atoms with E-state index in [1.54, 1.807) is 0 Å². The number of ether oxygens (including phenoxy) is 1. The van der Waals surface area contributed by atoms with Gasteiger partial charge in [0.1, 0.15) is 5.75 Å². The van der Waals surface area contributed by atoms with Gasteiger partial charge in [0, 0.05) is 19.5 Å². The van der Waals surface area contributed by atoms with Crippen LogP contribution in [0.3, 0.4) is 0 Å². The van der Waals surface area contributed by atoms with Crippen LogP contribution in [-0.2, 0) is 17.8 Å². The molecule has 4 nitrogen and oxygen atoms in total. The molecular weight excluding hydrogens is 240 g/mol. The van der Waals surface area contributed by atoms with Crippen molar-refractivity contribution in [2.45, 2.75) is 32.4 Å². The first-order valence-electron chi connectivity index (χ1n) is 7.04. The molecule has 1 amide bonds. The summed E-state index contributed by atoms with van der Waals surface area (Å²) in [5.74, 6) is 1.19. The molecule has 1 aromatic rings. The Kier molecular flexibility index (Phi) is 3.42. The average Bonchev–Trinajstić information content (AvgIpc) is 3.04. The van der Waals surface area contributed by atoms with Crippen LogP contribution >= 0.6 is 0 Å². The summed E-state index contributed by atoms with van der Waals surface area (Å²) < 4.78 is 5.52. The quantitative estimate of drug-likeness (QED) is 0.888. The highest BCUT2D eigenvalue weighted by Crippen LogP contribution is 2.26. The number of nitrogens with zero attached hydrogens (tertiary/aromatic N) is 1. The topological polar surface area (TPSA) is 41.6 Å². The second-order valence-corrected chi connectivity index (χ2v) is 5.20. The molecule has 3 rings (SSSR count). The number of carbonyl (C=O) groups is 1. The third kappa shape index (κ3) is 2.45. The van der Waals surface area contributed by atoms with Crippen LogP contribution in [0.25, 0.3) is 0 Å². The minimum atomic E-state index is 0.0366. The molecule has 0 bridgehead atoms. The van der Waals surface area contributed by atoms with Crippen LogP contribution in [0.15, 0.2) is 18.2 Å². The highest BCUT2D eigenvalue weighted by Gasteiger charge is 2.29. The molecule has 1 fully saturated rings. The number of fused-ring (bicyclic) bond motifs is 1. The number of rotatable bonds is 4. The number of nitrogens with one attached hydrogen (secondary N) is 1. The molecule has 2 aliphatic heterocycles. The predicted octanol–water partition coefficient (Wildman–Crippen LogP) is 1.33. The largest absolute Gasteiger partial charge is 0.493 e. The molecule has 2 aliphatic rings. The van der Waals surface area contributed by atoms with Crippen LogP contribution in [0.4, 0.5) is 0 Å². The first kappa shape index (κ1) is 12.5. The first-order valence-corrected chi connectivity index (χ1v) is 7.04. The van der Waals surface area contributed by atoms with Crippen LogP contribution in [-0.4, -0.2) is 36.5 Å². The SMILES string of the molecule is CCN(Cc1ccc2c(c1)CCO2)C1CCNC1=O. The standard InChI is InChI=1S/C15H20N2O2/c1-2-17(13-5-7-16-15(13)18)10-11-3-4-14-12(9-11)6-8-19-14/h3-4,9,13H,2,5-8,10H2,1H3,(H,16,18). The maximum atomic E-state index is 11.8. The fourth-order valence-electron chi connectivity index (χ4n) is 2.94. The van der Waals surface area contributed by atoms with Crippen molar-refractivity contribution in [3.05, 3.63) is 29.3 Å². The fraction of sp³-hybridized carbons (Fsp3) is 0.533. The van der Waals surface area contributed by atoms with Gasteiger partial charge in [-0.2, -0.15) is 0 Å². The Balaban J connectivity index is 1.73. The molecule has 1 atom stereocenters. The molecule has 0 saturated carbocycles. The van der Waals surface area contributed by atoms with E-state index in [1.807, 2.05) is 0 Å². The second kappa shape index (κ2) is 5.21. The van der Waals surface area contributed by atoms with E-state index in [-0.39, 0.29) is 11.9 Å². The third-order valence-electron chi connectivity index (χ3n) is 4.01. The molecule has 4 heteroatoms. The van der Waals surface area contributed by atoms with Crippen molar-refractivity contribution >= 4 is 5.91 Å². The Morgan fingerprint density at radius 2 is 2.37 bits per heavy atom.